The molecule has 3 aromatic rings. The minimum Gasteiger partial charge on any atom is -0.495 e. The number of ether oxygens (including phenoxy) is 1. The fraction of sp³-hybridized carbons (Fsp3) is 0.0526. The van der Waals surface area contributed by atoms with Gasteiger partial charge in [0.1, 0.15) is 11.3 Å². The molecule has 0 atom stereocenters. The number of carbonyl (C=O) groups excluding carboxylic acids is 1. The smallest absolute Gasteiger partial charge is 0.261 e. The highest BCUT2D eigenvalue weighted by molar-refractivity contribution is 8.00. The molecule has 0 bridgehead atoms. The lowest BCUT2D eigenvalue weighted by molar-refractivity contribution is -0.904. The molecule has 0 fully saturated rings. The molecule has 0 saturated heterocycles. The number of hydrogen-bond donors (Lipinski definition) is 3. The zero-order chi connectivity index (χ0) is 18.4. The first-order valence-corrected chi connectivity index (χ1v) is 8.65. The first-order chi connectivity index (χ1) is 12.7. The number of benzene rings is 2. The van der Waals surface area contributed by atoms with Crippen LogP contribution >= 0.6 is 11.9 Å². The summed E-state index contributed by atoms with van der Waals surface area (Å²) in [5, 5.41) is 12.2. The Hall–Kier alpha value is -3.19. The average Bonchev–Trinajstić information content (AvgIpc) is 2.67. The number of para-hydroxylation sites is 2. The lowest BCUT2D eigenvalue weighted by Crippen LogP contribution is -2.30. The van der Waals surface area contributed by atoms with Gasteiger partial charge in [0.2, 0.25) is 12.4 Å². The van der Waals surface area contributed by atoms with Gasteiger partial charge in [0.05, 0.1) is 12.8 Å². The van der Waals surface area contributed by atoms with Crippen LogP contribution in [0.3, 0.4) is 0 Å². The summed E-state index contributed by atoms with van der Waals surface area (Å²) in [6.07, 6.45) is 2.79. The Morgan fingerprint density at radius 3 is 2.77 bits per heavy atom. The lowest BCUT2D eigenvalue weighted by Gasteiger charge is -2.11. The summed E-state index contributed by atoms with van der Waals surface area (Å²) in [5.74, 6) is 0.457. The molecule has 0 aliphatic heterocycles. The Morgan fingerprint density at radius 1 is 1.12 bits per heavy atom. The molecular formula is C19H18N3O3S+. The van der Waals surface area contributed by atoms with Crippen LogP contribution in [0.4, 0.5) is 11.4 Å². The van der Waals surface area contributed by atoms with E-state index in [1.54, 1.807) is 25.3 Å². The lowest BCUT2D eigenvalue weighted by atomic mass is 10.2. The Kier molecular flexibility index (Phi) is 5.60. The molecule has 0 aliphatic carbocycles. The van der Waals surface area contributed by atoms with E-state index in [-0.39, 0.29) is 5.91 Å². The van der Waals surface area contributed by atoms with E-state index in [9.17, 15) is 10.0 Å². The Balaban J connectivity index is 1.67. The molecule has 2 aromatic carbocycles. The molecule has 132 valence electrons. The molecule has 3 N–H and O–H groups in total. The van der Waals surface area contributed by atoms with Crippen molar-refractivity contribution in [3.05, 3.63) is 78.6 Å². The van der Waals surface area contributed by atoms with Gasteiger partial charge in [-0.3, -0.25) is 10.0 Å². The quantitative estimate of drug-likeness (QED) is 0.352. The van der Waals surface area contributed by atoms with Crippen LogP contribution in [-0.2, 0) is 0 Å². The summed E-state index contributed by atoms with van der Waals surface area (Å²) in [5.41, 5.74) is 1.89. The second kappa shape index (κ2) is 8.26. The van der Waals surface area contributed by atoms with Crippen molar-refractivity contribution in [1.29, 1.82) is 0 Å². The van der Waals surface area contributed by atoms with Crippen LogP contribution in [0.2, 0.25) is 0 Å². The topological polar surface area (TPSA) is 74.5 Å². The van der Waals surface area contributed by atoms with Crippen molar-refractivity contribution in [2.24, 2.45) is 0 Å². The molecule has 6 nitrogen and oxygen atoms in total. The van der Waals surface area contributed by atoms with Crippen molar-refractivity contribution in [1.82, 2.24) is 0 Å². The van der Waals surface area contributed by atoms with Gasteiger partial charge in [0.25, 0.3) is 5.91 Å². The molecular weight excluding hydrogens is 350 g/mol. The summed E-state index contributed by atoms with van der Waals surface area (Å²) in [6.45, 7) is 0. The van der Waals surface area contributed by atoms with E-state index in [1.165, 1.54) is 24.3 Å². The van der Waals surface area contributed by atoms with Gasteiger partial charge in [-0.2, -0.15) is 0 Å². The highest BCUT2D eigenvalue weighted by Crippen LogP contribution is 2.29. The van der Waals surface area contributed by atoms with Gasteiger partial charge in [-0.15, -0.1) is 0 Å². The monoisotopic (exact) mass is 368 g/mol. The number of anilines is 2. The standard InChI is InChI=1S/C19H17N3O3S/c1-25-18-10-3-2-9-17(18)21-26-16-8-4-7-15(12-16)20-19(23)14-6-5-11-22(24)13-14/h2-13,21H,1H3,(H-,20,23,24)/p+1. The maximum absolute atomic E-state index is 12.3. The van der Waals surface area contributed by atoms with Crippen molar-refractivity contribution in [3.63, 3.8) is 0 Å². The molecule has 7 heteroatoms. The van der Waals surface area contributed by atoms with E-state index in [4.69, 9.17) is 4.74 Å². The minimum absolute atomic E-state index is 0.298. The fourth-order valence-electron chi connectivity index (χ4n) is 2.28. The van der Waals surface area contributed by atoms with Crippen LogP contribution in [0.15, 0.2) is 78.0 Å². The van der Waals surface area contributed by atoms with Crippen molar-refractivity contribution >= 4 is 29.2 Å². The predicted octanol–water partition coefficient (Wildman–Crippen LogP) is 3.59. The van der Waals surface area contributed by atoms with Crippen molar-refractivity contribution < 1.29 is 19.5 Å². The number of aromatic nitrogens is 1. The molecule has 0 spiro atoms. The Bertz CT molecular complexity index is 918. The number of methoxy groups -OCH3 is 1. The van der Waals surface area contributed by atoms with Crippen LogP contribution in [0, 0.1) is 0 Å². The predicted molar refractivity (Wildman–Crippen MR) is 101 cm³/mol. The second-order valence-corrected chi connectivity index (χ2v) is 6.24. The first kappa shape index (κ1) is 17.6. The van der Waals surface area contributed by atoms with Gasteiger partial charge in [-0.1, -0.05) is 18.2 Å². The number of rotatable bonds is 6. The third-order valence-corrected chi connectivity index (χ3v) is 4.34. The van der Waals surface area contributed by atoms with Crippen molar-refractivity contribution in [2.45, 2.75) is 4.90 Å². The van der Waals surface area contributed by atoms with E-state index in [0.29, 0.717) is 11.3 Å². The molecule has 1 amide bonds. The summed E-state index contributed by atoms with van der Waals surface area (Å²) >= 11 is 1.42. The van der Waals surface area contributed by atoms with E-state index in [1.807, 2.05) is 42.5 Å². The third kappa shape index (κ3) is 4.46. The normalized spacial score (nSPS) is 10.2. The molecule has 1 aromatic heterocycles. The highest BCUT2D eigenvalue weighted by atomic mass is 32.2. The molecule has 0 saturated carbocycles. The number of carbonyl (C=O) groups is 1. The number of nitrogens with zero attached hydrogens (tertiary/aromatic N) is 1. The van der Waals surface area contributed by atoms with E-state index < -0.39 is 0 Å². The summed E-state index contributed by atoms with van der Waals surface area (Å²) in [7, 11) is 1.63. The fourth-order valence-corrected chi connectivity index (χ4v) is 3.01. The third-order valence-electron chi connectivity index (χ3n) is 3.53. The zero-order valence-corrected chi connectivity index (χ0v) is 14.9. The molecule has 0 aliphatic rings. The van der Waals surface area contributed by atoms with Gasteiger partial charge >= 0.3 is 0 Å². The maximum Gasteiger partial charge on any atom is 0.261 e. The largest absolute Gasteiger partial charge is 0.495 e. The van der Waals surface area contributed by atoms with E-state index in [2.05, 4.69) is 10.0 Å². The Morgan fingerprint density at radius 2 is 1.96 bits per heavy atom. The number of amides is 1. The van der Waals surface area contributed by atoms with Crippen molar-refractivity contribution in [2.75, 3.05) is 17.1 Å². The van der Waals surface area contributed by atoms with Crippen LogP contribution < -0.4 is 19.5 Å². The number of nitrogens with one attached hydrogen (secondary N) is 2. The summed E-state index contributed by atoms with van der Waals surface area (Å²) < 4.78 is 9.40. The average molecular weight is 368 g/mol. The van der Waals surface area contributed by atoms with Gasteiger partial charge in [-0.25, -0.2) is 0 Å². The van der Waals surface area contributed by atoms with Crippen LogP contribution in [0.5, 0.6) is 5.75 Å². The van der Waals surface area contributed by atoms with Crippen LogP contribution in [-0.4, -0.2) is 18.2 Å². The van der Waals surface area contributed by atoms with Gasteiger partial charge in [0, 0.05) is 21.4 Å². The van der Waals surface area contributed by atoms with Gasteiger partial charge < -0.3 is 14.8 Å². The maximum atomic E-state index is 12.3. The highest BCUT2D eigenvalue weighted by Gasteiger charge is 2.11. The zero-order valence-electron chi connectivity index (χ0n) is 14.0. The molecule has 0 radical (unpaired) electrons. The Labute approximate surface area is 155 Å². The molecule has 26 heavy (non-hydrogen) atoms. The van der Waals surface area contributed by atoms with Crippen molar-refractivity contribution in [3.8, 4) is 5.75 Å². The molecule has 0 unspecified atom stereocenters. The second-order valence-electron chi connectivity index (χ2n) is 5.36. The van der Waals surface area contributed by atoms with Crippen LogP contribution in [0.1, 0.15) is 10.4 Å². The SMILES string of the molecule is COc1ccccc1NSc1cccc(NC(=O)c2ccc[n+](O)c2)c1. The minimum atomic E-state index is -0.298. The molecule has 3 rings (SSSR count). The molecule has 1 heterocycles. The van der Waals surface area contributed by atoms with E-state index in [0.717, 1.165) is 21.1 Å². The summed E-state index contributed by atoms with van der Waals surface area (Å²) in [4.78, 5) is 13.2. The first-order valence-electron chi connectivity index (χ1n) is 7.83. The van der Waals surface area contributed by atoms with E-state index >= 15 is 0 Å². The number of pyridine rings is 1. The summed E-state index contributed by atoms with van der Waals surface area (Å²) in [6, 6.07) is 18.3. The van der Waals surface area contributed by atoms with Crippen LogP contribution in [0.25, 0.3) is 0 Å². The van der Waals surface area contributed by atoms with Gasteiger partial charge in [-0.05, 0) is 48.3 Å². The number of hydrogen-bond acceptors (Lipinski definition) is 5. The van der Waals surface area contributed by atoms with Gasteiger partial charge in [0.15, 0.2) is 0 Å².